The molecule has 1 N–H and O–H groups in total. The zero-order chi connectivity index (χ0) is 18.8. The number of anilines is 1. The molecule has 0 spiro atoms. The molecule has 0 bridgehead atoms. The van der Waals surface area contributed by atoms with Gasteiger partial charge in [0.25, 0.3) is 0 Å². The molecule has 27 heavy (non-hydrogen) atoms. The maximum Gasteiger partial charge on any atom is 0.174 e. The highest BCUT2D eigenvalue weighted by Gasteiger charge is 2.41. The molecule has 0 saturated carbocycles. The number of thiophene rings is 1. The number of pyridine rings is 1. The van der Waals surface area contributed by atoms with E-state index in [2.05, 4.69) is 51.8 Å². The highest BCUT2D eigenvalue weighted by molar-refractivity contribution is 7.80. The summed E-state index contributed by atoms with van der Waals surface area (Å²) in [6.45, 7) is 4.79. The molecule has 0 amide bonds. The van der Waals surface area contributed by atoms with Crippen LogP contribution in [0.5, 0.6) is 5.75 Å². The molecule has 4 rings (SSSR count). The summed E-state index contributed by atoms with van der Waals surface area (Å²) < 4.78 is 5.58. The van der Waals surface area contributed by atoms with Crippen LogP contribution in [0.3, 0.4) is 0 Å². The van der Waals surface area contributed by atoms with Crippen LogP contribution in [-0.4, -0.2) is 16.7 Å². The molecule has 6 heteroatoms. The van der Waals surface area contributed by atoms with E-state index in [9.17, 15) is 0 Å². The topological polar surface area (TPSA) is 37.4 Å². The van der Waals surface area contributed by atoms with E-state index < -0.39 is 0 Å². The van der Waals surface area contributed by atoms with Gasteiger partial charge in [-0.25, -0.2) is 0 Å². The molecule has 138 valence electrons. The van der Waals surface area contributed by atoms with Gasteiger partial charge < -0.3 is 15.0 Å². The van der Waals surface area contributed by atoms with Crippen LogP contribution in [0.1, 0.15) is 35.1 Å². The lowest BCUT2D eigenvalue weighted by Gasteiger charge is -2.27. The van der Waals surface area contributed by atoms with Crippen LogP contribution in [0.25, 0.3) is 0 Å². The fraction of sp³-hybridized carbons (Fsp3) is 0.238. The first-order chi connectivity index (χ1) is 13.2. The van der Waals surface area contributed by atoms with Crippen molar-refractivity contribution in [1.29, 1.82) is 0 Å². The Balaban J connectivity index is 1.77. The van der Waals surface area contributed by atoms with E-state index in [-0.39, 0.29) is 12.1 Å². The van der Waals surface area contributed by atoms with Gasteiger partial charge >= 0.3 is 0 Å². The molecule has 2 aromatic heterocycles. The second kappa shape index (κ2) is 7.66. The summed E-state index contributed by atoms with van der Waals surface area (Å²) in [5.74, 6) is 0.865. The Hall–Kier alpha value is -2.44. The fourth-order valence-corrected chi connectivity index (χ4v) is 4.86. The Morgan fingerprint density at radius 3 is 2.63 bits per heavy atom. The number of aryl methyl sites for hydroxylation is 1. The summed E-state index contributed by atoms with van der Waals surface area (Å²) in [6, 6.07) is 16.4. The molecule has 0 aliphatic carbocycles. The van der Waals surface area contributed by atoms with Crippen LogP contribution in [0.15, 0.2) is 60.1 Å². The van der Waals surface area contributed by atoms with E-state index >= 15 is 0 Å². The van der Waals surface area contributed by atoms with E-state index in [1.54, 1.807) is 11.3 Å². The molecular weight excluding hydrogens is 374 g/mol. The number of nitrogens with one attached hydrogen (secondary N) is 1. The summed E-state index contributed by atoms with van der Waals surface area (Å²) >= 11 is 7.50. The minimum Gasteiger partial charge on any atom is -0.494 e. The van der Waals surface area contributed by atoms with Crippen LogP contribution < -0.4 is 15.0 Å². The Morgan fingerprint density at radius 1 is 1.19 bits per heavy atom. The van der Waals surface area contributed by atoms with Crippen molar-refractivity contribution < 1.29 is 4.74 Å². The molecule has 1 aromatic carbocycles. The molecule has 3 heterocycles. The van der Waals surface area contributed by atoms with Crippen LogP contribution in [-0.2, 0) is 0 Å². The van der Waals surface area contributed by atoms with Crippen molar-refractivity contribution in [3.8, 4) is 5.75 Å². The molecule has 1 fully saturated rings. The summed E-state index contributed by atoms with van der Waals surface area (Å²) in [5.41, 5.74) is 3.31. The van der Waals surface area contributed by atoms with Gasteiger partial charge in [-0.3, -0.25) is 4.98 Å². The van der Waals surface area contributed by atoms with Gasteiger partial charge in [-0.15, -0.1) is 11.3 Å². The molecule has 1 aliphatic heterocycles. The number of ether oxygens (including phenoxy) is 1. The second-order valence-corrected chi connectivity index (χ2v) is 7.73. The number of nitrogens with zero attached hydrogens (tertiary/aromatic N) is 2. The molecule has 0 radical (unpaired) electrons. The molecule has 0 unspecified atom stereocenters. The zero-order valence-electron chi connectivity index (χ0n) is 15.3. The van der Waals surface area contributed by atoms with Crippen molar-refractivity contribution in [2.75, 3.05) is 11.5 Å². The van der Waals surface area contributed by atoms with E-state index in [4.69, 9.17) is 17.0 Å². The largest absolute Gasteiger partial charge is 0.494 e. The van der Waals surface area contributed by atoms with Crippen LogP contribution >= 0.6 is 23.6 Å². The number of hydrogen-bond acceptors (Lipinski definition) is 4. The average molecular weight is 396 g/mol. The van der Waals surface area contributed by atoms with Crippen LogP contribution in [0.4, 0.5) is 5.69 Å². The van der Waals surface area contributed by atoms with Gasteiger partial charge in [0.15, 0.2) is 5.11 Å². The summed E-state index contributed by atoms with van der Waals surface area (Å²) in [5, 5.41) is 6.35. The Kier molecular flexibility index (Phi) is 5.09. The fourth-order valence-electron chi connectivity index (χ4n) is 3.46. The van der Waals surface area contributed by atoms with Gasteiger partial charge in [-0.2, -0.15) is 0 Å². The van der Waals surface area contributed by atoms with Crippen molar-refractivity contribution in [2.45, 2.75) is 25.9 Å². The number of aromatic nitrogens is 1. The van der Waals surface area contributed by atoms with E-state index in [0.717, 1.165) is 17.1 Å². The third kappa shape index (κ3) is 3.42. The minimum atomic E-state index is 0.00242. The average Bonchev–Trinajstić information content (AvgIpc) is 3.26. The molecule has 1 aliphatic rings. The van der Waals surface area contributed by atoms with Crippen molar-refractivity contribution in [2.24, 2.45) is 0 Å². The maximum absolute atomic E-state index is 5.74. The lowest BCUT2D eigenvalue weighted by Crippen LogP contribution is -2.29. The maximum atomic E-state index is 5.74. The highest BCUT2D eigenvalue weighted by atomic mass is 32.1. The van der Waals surface area contributed by atoms with Gasteiger partial charge in [0.05, 0.1) is 24.4 Å². The predicted octanol–water partition coefficient (Wildman–Crippen LogP) is 5.03. The van der Waals surface area contributed by atoms with Gasteiger partial charge in [-0.05, 0) is 79.5 Å². The molecule has 2 atom stereocenters. The van der Waals surface area contributed by atoms with Gasteiger partial charge in [0.1, 0.15) is 5.75 Å². The van der Waals surface area contributed by atoms with E-state index in [0.29, 0.717) is 11.7 Å². The molecule has 4 nitrogen and oxygen atoms in total. The summed E-state index contributed by atoms with van der Waals surface area (Å²) in [6.07, 6.45) is 1.83. The number of benzene rings is 1. The molecular formula is C21H21N3OS2. The monoisotopic (exact) mass is 395 g/mol. The molecule has 1 saturated heterocycles. The quantitative estimate of drug-likeness (QED) is 0.614. The van der Waals surface area contributed by atoms with Crippen molar-refractivity contribution in [1.82, 2.24) is 10.3 Å². The number of hydrogen-bond donors (Lipinski definition) is 1. The van der Waals surface area contributed by atoms with Gasteiger partial charge in [0.2, 0.25) is 0 Å². The standard InChI is InChI=1S/C21H21N3OS2/c1-3-25-16-9-7-15(8-10-16)24-19(20-14(2)11-13-27-20)18(23-21(24)26)17-6-4-5-12-22-17/h4-13,18-19H,3H2,1-2H3,(H,23,26)/t18-,19-/m0/s1. The Labute approximate surface area is 168 Å². The second-order valence-electron chi connectivity index (χ2n) is 6.39. The smallest absolute Gasteiger partial charge is 0.174 e. The summed E-state index contributed by atoms with van der Waals surface area (Å²) in [4.78, 5) is 8.08. The first kappa shape index (κ1) is 17.9. The first-order valence-electron chi connectivity index (χ1n) is 8.96. The van der Waals surface area contributed by atoms with Crippen LogP contribution in [0, 0.1) is 6.92 Å². The lowest BCUT2D eigenvalue weighted by molar-refractivity contribution is 0.340. The van der Waals surface area contributed by atoms with Crippen molar-refractivity contribution in [3.63, 3.8) is 0 Å². The Bertz CT molecular complexity index is 924. The van der Waals surface area contributed by atoms with Crippen molar-refractivity contribution in [3.05, 3.63) is 76.2 Å². The lowest BCUT2D eigenvalue weighted by atomic mass is 10.0. The van der Waals surface area contributed by atoms with E-state index in [1.807, 2.05) is 37.4 Å². The van der Waals surface area contributed by atoms with Gasteiger partial charge in [-0.1, -0.05) is 6.07 Å². The third-order valence-corrected chi connectivity index (χ3v) is 6.10. The minimum absolute atomic E-state index is 0.00242. The predicted molar refractivity (Wildman–Crippen MR) is 115 cm³/mol. The number of rotatable bonds is 5. The summed E-state index contributed by atoms with van der Waals surface area (Å²) in [7, 11) is 0. The first-order valence-corrected chi connectivity index (χ1v) is 10.3. The normalized spacial score (nSPS) is 19.2. The van der Waals surface area contributed by atoms with E-state index in [1.165, 1.54) is 10.4 Å². The zero-order valence-corrected chi connectivity index (χ0v) is 16.9. The highest BCUT2D eigenvalue weighted by Crippen LogP contribution is 2.44. The molecule has 3 aromatic rings. The van der Waals surface area contributed by atoms with Crippen molar-refractivity contribution >= 4 is 34.4 Å². The SMILES string of the molecule is CCOc1ccc(N2C(=S)N[C@@H](c3ccccn3)[C@H]2c2sccc2C)cc1. The van der Waals surface area contributed by atoms with Crippen LogP contribution in [0.2, 0.25) is 0 Å². The Morgan fingerprint density at radius 2 is 2.00 bits per heavy atom. The third-order valence-electron chi connectivity index (χ3n) is 4.69. The van der Waals surface area contributed by atoms with Gasteiger partial charge in [0, 0.05) is 16.8 Å². The number of thiocarbonyl (C=S) groups is 1.